The molecule has 1 saturated heterocycles. The van der Waals surface area contributed by atoms with E-state index < -0.39 is 29.7 Å². The van der Waals surface area contributed by atoms with Gasteiger partial charge in [-0.05, 0) is 36.8 Å². The normalized spacial score (nSPS) is 18.7. The zero-order valence-electron chi connectivity index (χ0n) is 15.8. The van der Waals surface area contributed by atoms with E-state index in [1.54, 1.807) is 18.2 Å². The molecule has 3 aromatic rings. The van der Waals surface area contributed by atoms with Crippen molar-refractivity contribution in [2.75, 3.05) is 5.32 Å². The summed E-state index contributed by atoms with van der Waals surface area (Å²) in [5.41, 5.74) is 1.93. The molecular weight excluding hydrogens is 386 g/mol. The van der Waals surface area contributed by atoms with Crippen molar-refractivity contribution >= 4 is 40.3 Å². The number of nitrogens with one attached hydrogen (secondary N) is 2. The maximum absolute atomic E-state index is 12.9. The molecular formula is C22H17N3O5. The number of carbonyl (C=O) groups is 4. The van der Waals surface area contributed by atoms with Crippen LogP contribution in [0.5, 0.6) is 0 Å². The lowest BCUT2D eigenvalue weighted by Crippen LogP contribution is -2.54. The fraction of sp³-hybridized carbons (Fsp3) is 0.182. The van der Waals surface area contributed by atoms with Crippen LogP contribution >= 0.6 is 0 Å². The summed E-state index contributed by atoms with van der Waals surface area (Å²) in [4.78, 5) is 50.1. The first-order valence-corrected chi connectivity index (χ1v) is 9.58. The highest BCUT2D eigenvalue weighted by Crippen LogP contribution is 2.30. The Bertz CT molecular complexity index is 1200. The first-order chi connectivity index (χ1) is 14.5. The van der Waals surface area contributed by atoms with E-state index in [2.05, 4.69) is 10.6 Å². The van der Waals surface area contributed by atoms with Crippen molar-refractivity contribution in [1.29, 1.82) is 0 Å². The van der Waals surface area contributed by atoms with Crippen LogP contribution in [-0.4, -0.2) is 34.6 Å². The van der Waals surface area contributed by atoms with E-state index in [9.17, 15) is 19.2 Å². The Hall–Kier alpha value is -3.94. The van der Waals surface area contributed by atoms with Crippen LogP contribution in [0.25, 0.3) is 11.0 Å². The molecule has 8 nitrogen and oxygen atoms in total. The molecule has 2 aliphatic rings. The Morgan fingerprint density at radius 2 is 1.80 bits per heavy atom. The number of benzene rings is 2. The topological polar surface area (TPSA) is 109 Å². The first kappa shape index (κ1) is 18.1. The molecule has 0 spiro atoms. The van der Waals surface area contributed by atoms with Crippen molar-refractivity contribution in [3.05, 3.63) is 65.4 Å². The fourth-order valence-corrected chi connectivity index (χ4v) is 3.89. The van der Waals surface area contributed by atoms with Gasteiger partial charge < -0.3 is 9.73 Å². The van der Waals surface area contributed by atoms with Crippen LogP contribution in [0.1, 0.15) is 39.3 Å². The maximum atomic E-state index is 12.9. The molecule has 1 fully saturated rings. The SMILES string of the molecule is O=C1CCC(N2C(=O)c3ccc(NCc4cc5ccccc5o4)cc3C2=O)C(=O)N1. The lowest BCUT2D eigenvalue weighted by atomic mass is 10.0. The van der Waals surface area contributed by atoms with Gasteiger partial charge in [0.25, 0.3) is 11.8 Å². The molecule has 0 aliphatic carbocycles. The van der Waals surface area contributed by atoms with Crippen molar-refractivity contribution in [3.63, 3.8) is 0 Å². The van der Waals surface area contributed by atoms with E-state index in [1.165, 1.54) is 0 Å². The Balaban J connectivity index is 1.35. The monoisotopic (exact) mass is 403 g/mol. The predicted octanol–water partition coefficient (Wildman–Crippen LogP) is 2.45. The molecule has 1 unspecified atom stereocenters. The molecule has 30 heavy (non-hydrogen) atoms. The largest absolute Gasteiger partial charge is 0.459 e. The Kier molecular flexibility index (Phi) is 4.13. The van der Waals surface area contributed by atoms with Crippen LogP contribution in [-0.2, 0) is 16.1 Å². The van der Waals surface area contributed by atoms with Crippen LogP contribution in [0.15, 0.2) is 52.9 Å². The highest BCUT2D eigenvalue weighted by Gasteiger charge is 2.44. The average molecular weight is 403 g/mol. The molecule has 1 atom stereocenters. The van der Waals surface area contributed by atoms with Gasteiger partial charge in [0.1, 0.15) is 17.4 Å². The Labute approximate surface area is 170 Å². The summed E-state index contributed by atoms with van der Waals surface area (Å²) in [6.07, 6.45) is 0.224. The number of nitrogens with zero attached hydrogens (tertiary/aromatic N) is 1. The summed E-state index contributed by atoms with van der Waals surface area (Å²) >= 11 is 0. The summed E-state index contributed by atoms with van der Waals surface area (Å²) in [6.45, 7) is 0.409. The number of imide groups is 2. The summed E-state index contributed by atoms with van der Waals surface area (Å²) in [7, 11) is 0. The number of fused-ring (bicyclic) bond motifs is 2. The minimum Gasteiger partial charge on any atom is -0.459 e. The van der Waals surface area contributed by atoms with Gasteiger partial charge in [0.15, 0.2) is 0 Å². The fourth-order valence-electron chi connectivity index (χ4n) is 3.89. The second-order valence-electron chi connectivity index (χ2n) is 7.31. The number of piperidine rings is 1. The number of hydrogen-bond donors (Lipinski definition) is 2. The van der Waals surface area contributed by atoms with E-state index in [4.69, 9.17) is 4.42 Å². The minimum absolute atomic E-state index is 0.0914. The van der Waals surface area contributed by atoms with Gasteiger partial charge in [0.05, 0.1) is 17.7 Å². The zero-order chi connectivity index (χ0) is 20.8. The van der Waals surface area contributed by atoms with E-state index >= 15 is 0 Å². The van der Waals surface area contributed by atoms with Gasteiger partial charge in [0.2, 0.25) is 11.8 Å². The second-order valence-corrected chi connectivity index (χ2v) is 7.31. The zero-order valence-corrected chi connectivity index (χ0v) is 15.8. The van der Waals surface area contributed by atoms with Crippen molar-refractivity contribution in [2.24, 2.45) is 0 Å². The van der Waals surface area contributed by atoms with Crippen LogP contribution in [0.4, 0.5) is 5.69 Å². The van der Waals surface area contributed by atoms with Gasteiger partial charge in [-0.3, -0.25) is 29.4 Å². The van der Waals surface area contributed by atoms with Gasteiger partial charge >= 0.3 is 0 Å². The molecule has 0 radical (unpaired) electrons. The molecule has 2 aliphatic heterocycles. The number of anilines is 1. The molecule has 4 amide bonds. The number of furan rings is 1. The summed E-state index contributed by atoms with van der Waals surface area (Å²) < 4.78 is 5.77. The van der Waals surface area contributed by atoms with Gasteiger partial charge in [0, 0.05) is 17.5 Å². The van der Waals surface area contributed by atoms with Crippen molar-refractivity contribution < 1.29 is 23.6 Å². The van der Waals surface area contributed by atoms with Gasteiger partial charge in [-0.2, -0.15) is 0 Å². The van der Waals surface area contributed by atoms with E-state index in [0.717, 1.165) is 21.6 Å². The number of amides is 4. The molecule has 2 N–H and O–H groups in total. The van der Waals surface area contributed by atoms with E-state index in [1.807, 2.05) is 30.3 Å². The third-order valence-electron chi connectivity index (χ3n) is 5.38. The highest BCUT2D eigenvalue weighted by molar-refractivity contribution is 6.23. The summed E-state index contributed by atoms with van der Waals surface area (Å²) in [6, 6.07) is 13.5. The lowest BCUT2D eigenvalue weighted by Gasteiger charge is -2.27. The molecule has 2 aromatic carbocycles. The highest BCUT2D eigenvalue weighted by atomic mass is 16.3. The van der Waals surface area contributed by atoms with Gasteiger partial charge in [-0.25, -0.2) is 0 Å². The van der Waals surface area contributed by atoms with Gasteiger partial charge in [-0.1, -0.05) is 18.2 Å². The lowest BCUT2D eigenvalue weighted by molar-refractivity contribution is -0.136. The van der Waals surface area contributed by atoms with Crippen LogP contribution < -0.4 is 10.6 Å². The third kappa shape index (κ3) is 2.93. The van der Waals surface area contributed by atoms with Crippen LogP contribution in [0, 0.1) is 0 Å². The van der Waals surface area contributed by atoms with Crippen LogP contribution in [0.2, 0.25) is 0 Å². The Morgan fingerprint density at radius 1 is 1.00 bits per heavy atom. The molecule has 3 heterocycles. The number of para-hydroxylation sites is 1. The van der Waals surface area contributed by atoms with Crippen molar-refractivity contribution in [2.45, 2.75) is 25.4 Å². The standard InChI is InChI=1S/C22H17N3O5/c26-19-8-7-17(20(27)24-19)25-21(28)15-6-5-13(10-16(15)22(25)29)23-11-14-9-12-3-1-2-4-18(12)30-14/h1-6,9-10,17,23H,7-8,11H2,(H,24,26,27). The average Bonchev–Trinajstić information content (AvgIpc) is 3.26. The first-order valence-electron chi connectivity index (χ1n) is 9.58. The maximum Gasteiger partial charge on any atom is 0.262 e. The molecule has 0 saturated carbocycles. The number of carbonyl (C=O) groups excluding carboxylic acids is 4. The third-order valence-corrected chi connectivity index (χ3v) is 5.38. The van der Waals surface area contributed by atoms with Crippen molar-refractivity contribution in [1.82, 2.24) is 10.2 Å². The molecule has 1 aromatic heterocycles. The molecule has 8 heteroatoms. The summed E-state index contributed by atoms with van der Waals surface area (Å²) in [5.74, 6) is -1.33. The predicted molar refractivity (Wildman–Crippen MR) is 107 cm³/mol. The molecule has 0 bridgehead atoms. The number of hydrogen-bond acceptors (Lipinski definition) is 6. The Morgan fingerprint density at radius 3 is 2.60 bits per heavy atom. The number of rotatable bonds is 4. The van der Waals surface area contributed by atoms with Crippen molar-refractivity contribution in [3.8, 4) is 0 Å². The minimum atomic E-state index is -0.970. The van der Waals surface area contributed by atoms with Crippen LogP contribution in [0.3, 0.4) is 0 Å². The molecule has 5 rings (SSSR count). The smallest absolute Gasteiger partial charge is 0.262 e. The summed E-state index contributed by atoms with van der Waals surface area (Å²) in [5, 5.41) is 6.39. The molecule has 150 valence electrons. The van der Waals surface area contributed by atoms with E-state index in [-0.39, 0.29) is 24.0 Å². The van der Waals surface area contributed by atoms with Gasteiger partial charge in [-0.15, -0.1) is 0 Å². The second kappa shape index (κ2) is 6.84. The van der Waals surface area contributed by atoms with E-state index in [0.29, 0.717) is 12.2 Å². The quantitative estimate of drug-likeness (QED) is 0.648.